The molecule has 6 heteroatoms. The zero-order valence-corrected chi connectivity index (χ0v) is 17.6. The number of nitrogens with one attached hydrogen (secondary N) is 1. The second kappa shape index (κ2) is 7.29. The van der Waals surface area contributed by atoms with E-state index in [0.29, 0.717) is 10.7 Å². The highest BCUT2D eigenvalue weighted by Gasteiger charge is 2.16. The van der Waals surface area contributed by atoms with E-state index in [0.717, 1.165) is 27.7 Å². The number of amides is 1. The van der Waals surface area contributed by atoms with E-state index in [2.05, 4.69) is 43.2 Å². The number of thiazole rings is 1. The first kappa shape index (κ1) is 19.1. The molecule has 2 heterocycles. The van der Waals surface area contributed by atoms with Crippen LogP contribution in [0.25, 0.3) is 22.2 Å². The normalized spacial score (nSPS) is 11.0. The van der Waals surface area contributed by atoms with E-state index in [1.807, 2.05) is 29.6 Å². The van der Waals surface area contributed by atoms with Crippen molar-refractivity contribution in [2.75, 3.05) is 5.32 Å². The first-order valence-electron chi connectivity index (χ1n) is 9.29. The molecule has 0 atom stereocenters. The number of aromatic nitrogens is 2. The van der Waals surface area contributed by atoms with Crippen molar-refractivity contribution in [3.05, 3.63) is 80.5 Å². The maximum absolute atomic E-state index is 12.9. The number of nitrogens with zero attached hydrogens (tertiary/aromatic N) is 2. The summed E-state index contributed by atoms with van der Waals surface area (Å²) >= 11 is 1.37. The van der Waals surface area contributed by atoms with Gasteiger partial charge in [0.15, 0.2) is 5.13 Å². The average molecular weight is 404 g/mol. The van der Waals surface area contributed by atoms with Gasteiger partial charge in [-0.3, -0.25) is 14.9 Å². The summed E-state index contributed by atoms with van der Waals surface area (Å²) in [5.41, 5.74) is 6.33. The molecule has 29 heavy (non-hydrogen) atoms. The van der Waals surface area contributed by atoms with Gasteiger partial charge in [0.05, 0.1) is 16.8 Å². The van der Waals surface area contributed by atoms with E-state index in [-0.39, 0.29) is 11.5 Å². The maximum Gasteiger partial charge on any atom is 0.258 e. The van der Waals surface area contributed by atoms with Crippen LogP contribution in [0.4, 0.5) is 5.13 Å². The Morgan fingerprint density at radius 3 is 2.55 bits per heavy atom. The number of rotatable bonds is 3. The molecule has 1 amide bonds. The number of carbonyl (C=O) groups is 1. The maximum atomic E-state index is 12.9. The van der Waals surface area contributed by atoms with Crippen molar-refractivity contribution >= 4 is 33.3 Å². The highest BCUT2D eigenvalue weighted by Crippen LogP contribution is 2.30. The van der Waals surface area contributed by atoms with Crippen LogP contribution in [0, 0.1) is 20.8 Å². The number of hydrogen-bond donors (Lipinski definition) is 1. The van der Waals surface area contributed by atoms with Crippen LogP contribution in [0.3, 0.4) is 0 Å². The van der Waals surface area contributed by atoms with Crippen molar-refractivity contribution in [2.45, 2.75) is 20.8 Å². The second-order valence-electron chi connectivity index (χ2n) is 7.22. The Balaban J connectivity index is 1.68. The number of benzene rings is 2. The molecule has 0 bridgehead atoms. The van der Waals surface area contributed by atoms with E-state index in [1.54, 1.807) is 7.05 Å². The van der Waals surface area contributed by atoms with Crippen molar-refractivity contribution < 1.29 is 4.79 Å². The van der Waals surface area contributed by atoms with Gasteiger partial charge < -0.3 is 4.57 Å². The smallest absolute Gasteiger partial charge is 0.258 e. The SMILES string of the molecule is Cc1cc(C)c(-c2csc(NC(=O)c3cc(=O)n(C)c4ccccc34)n2)cc1C. The number of pyridine rings is 1. The van der Waals surface area contributed by atoms with Crippen LogP contribution in [0.5, 0.6) is 0 Å². The van der Waals surface area contributed by atoms with Crippen LogP contribution >= 0.6 is 11.3 Å². The molecule has 2 aromatic carbocycles. The average Bonchev–Trinajstić information content (AvgIpc) is 3.15. The van der Waals surface area contributed by atoms with Gasteiger partial charge in [0.2, 0.25) is 0 Å². The number of hydrogen-bond acceptors (Lipinski definition) is 4. The van der Waals surface area contributed by atoms with Gasteiger partial charge in [-0.1, -0.05) is 24.3 Å². The van der Waals surface area contributed by atoms with Crippen LogP contribution in [-0.4, -0.2) is 15.5 Å². The van der Waals surface area contributed by atoms with Crippen LogP contribution in [0.15, 0.2) is 52.6 Å². The van der Waals surface area contributed by atoms with Gasteiger partial charge in [0.1, 0.15) is 0 Å². The van der Waals surface area contributed by atoms with E-state index < -0.39 is 0 Å². The predicted molar refractivity (Wildman–Crippen MR) is 119 cm³/mol. The summed E-state index contributed by atoms with van der Waals surface area (Å²) in [5, 5.41) is 6.03. The lowest BCUT2D eigenvalue weighted by Gasteiger charge is -2.09. The third kappa shape index (κ3) is 3.47. The standard InChI is InChI=1S/C23H21N3O2S/c1-13-9-15(3)17(10-14(13)2)19-12-29-23(24-19)25-22(28)18-11-21(27)26(4)20-8-6-5-7-16(18)20/h5-12H,1-4H3,(H,24,25,28). The molecule has 2 aromatic heterocycles. The van der Waals surface area contributed by atoms with Gasteiger partial charge in [0, 0.05) is 29.4 Å². The fourth-order valence-corrected chi connectivity index (χ4v) is 4.16. The fourth-order valence-electron chi connectivity index (χ4n) is 3.45. The van der Waals surface area contributed by atoms with Gasteiger partial charge in [-0.2, -0.15) is 0 Å². The van der Waals surface area contributed by atoms with Gasteiger partial charge in [-0.15, -0.1) is 11.3 Å². The highest BCUT2D eigenvalue weighted by molar-refractivity contribution is 7.14. The van der Waals surface area contributed by atoms with Gasteiger partial charge >= 0.3 is 0 Å². The molecule has 0 fully saturated rings. The van der Waals surface area contributed by atoms with Crippen molar-refractivity contribution in [2.24, 2.45) is 7.05 Å². The summed E-state index contributed by atoms with van der Waals surface area (Å²) in [5.74, 6) is -0.336. The largest absolute Gasteiger partial charge is 0.311 e. The molecule has 4 rings (SSSR count). The monoisotopic (exact) mass is 403 g/mol. The number of anilines is 1. The predicted octanol–water partition coefficient (Wildman–Crippen LogP) is 4.84. The lowest BCUT2D eigenvalue weighted by atomic mass is 9.99. The molecule has 146 valence electrons. The summed E-state index contributed by atoms with van der Waals surface area (Å²) < 4.78 is 1.54. The lowest BCUT2D eigenvalue weighted by Crippen LogP contribution is -2.21. The second-order valence-corrected chi connectivity index (χ2v) is 8.07. The summed E-state index contributed by atoms with van der Waals surface area (Å²) in [6.07, 6.45) is 0. The third-order valence-corrected chi connectivity index (χ3v) is 6.00. The minimum absolute atomic E-state index is 0.223. The Bertz CT molecular complexity index is 1320. The number of aryl methyl sites for hydroxylation is 4. The Morgan fingerprint density at radius 2 is 1.76 bits per heavy atom. The van der Waals surface area contributed by atoms with Gasteiger partial charge in [0.25, 0.3) is 11.5 Å². The molecule has 0 aliphatic carbocycles. The summed E-state index contributed by atoms with van der Waals surface area (Å²) in [7, 11) is 1.70. The highest BCUT2D eigenvalue weighted by atomic mass is 32.1. The van der Waals surface area contributed by atoms with Crippen LogP contribution in [0.1, 0.15) is 27.0 Å². The third-order valence-electron chi connectivity index (χ3n) is 5.24. The molecular weight excluding hydrogens is 382 g/mol. The molecule has 1 N–H and O–H groups in total. The molecule has 0 radical (unpaired) electrons. The summed E-state index contributed by atoms with van der Waals surface area (Å²) in [4.78, 5) is 29.8. The Kier molecular flexibility index (Phi) is 4.80. The molecule has 0 aliphatic heterocycles. The molecule has 0 saturated carbocycles. The fraction of sp³-hybridized carbons (Fsp3) is 0.174. The zero-order valence-electron chi connectivity index (χ0n) is 16.7. The van der Waals surface area contributed by atoms with E-state index in [9.17, 15) is 9.59 Å². The number of para-hydroxylation sites is 1. The van der Waals surface area contributed by atoms with Crippen LogP contribution in [-0.2, 0) is 7.05 Å². The number of fused-ring (bicyclic) bond motifs is 1. The number of carbonyl (C=O) groups excluding carboxylic acids is 1. The lowest BCUT2D eigenvalue weighted by molar-refractivity contribution is 0.102. The van der Waals surface area contributed by atoms with Gasteiger partial charge in [-0.25, -0.2) is 4.98 Å². The first-order chi connectivity index (χ1) is 13.8. The van der Waals surface area contributed by atoms with E-state index in [4.69, 9.17) is 0 Å². The van der Waals surface area contributed by atoms with Crippen LogP contribution < -0.4 is 10.9 Å². The van der Waals surface area contributed by atoms with E-state index >= 15 is 0 Å². The topological polar surface area (TPSA) is 64.0 Å². The molecule has 0 saturated heterocycles. The quantitative estimate of drug-likeness (QED) is 0.532. The van der Waals surface area contributed by atoms with E-state index in [1.165, 1.54) is 33.1 Å². The first-order valence-corrected chi connectivity index (χ1v) is 10.2. The van der Waals surface area contributed by atoms with Gasteiger partial charge in [-0.05, 0) is 49.6 Å². The Hall–Kier alpha value is -3.25. The Morgan fingerprint density at radius 1 is 1.03 bits per heavy atom. The molecule has 0 aliphatic rings. The summed E-state index contributed by atoms with van der Waals surface area (Å²) in [6.45, 7) is 6.23. The molecule has 0 unspecified atom stereocenters. The van der Waals surface area contributed by atoms with Crippen LogP contribution in [0.2, 0.25) is 0 Å². The minimum Gasteiger partial charge on any atom is -0.311 e. The van der Waals surface area contributed by atoms with Crippen molar-refractivity contribution in [1.29, 1.82) is 0 Å². The summed E-state index contributed by atoms with van der Waals surface area (Å²) in [6, 6.07) is 13.0. The zero-order chi connectivity index (χ0) is 20.7. The van der Waals surface area contributed by atoms with Crippen molar-refractivity contribution in [1.82, 2.24) is 9.55 Å². The molecular formula is C23H21N3O2S. The minimum atomic E-state index is -0.336. The van der Waals surface area contributed by atoms with Crippen molar-refractivity contribution in [3.63, 3.8) is 0 Å². The molecule has 5 nitrogen and oxygen atoms in total. The molecule has 0 spiro atoms. The molecule has 4 aromatic rings. The Labute approximate surface area is 172 Å². The van der Waals surface area contributed by atoms with Crippen molar-refractivity contribution in [3.8, 4) is 11.3 Å².